The van der Waals surface area contributed by atoms with E-state index in [-0.39, 0.29) is 0 Å². The number of morpholine rings is 1. The molecule has 3 unspecified atom stereocenters. The van der Waals surface area contributed by atoms with Crippen molar-refractivity contribution in [1.82, 2.24) is 30.3 Å². The lowest BCUT2D eigenvalue weighted by Gasteiger charge is -2.38. The monoisotopic (exact) mass is 349 g/mol. The average molecular weight is 349 g/mol. The van der Waals surface area contributed by atoms with Gasteiger partial charge >= 0.3 is 0 Å². The Bertz CT molecular complexity index is 600. The molecule has 140 valence electrons. The summed E-state index contributed by atoms with van der Waals surface area (Å²) in [7, 11) is 1.82. The van der Waals surface area contributed by atoms with Gasteiger partial charge < -0.3 is 15.4 Å². The van der Waals surface area contributed by atoms with Gasteiger partial charge in [-0.25, -0.2) is 9.67 Å². The number of nitrogens with zero attached hydrogens (tertiary/aromatic N) is 5. The van der Waals surface area contributed by atoms with Gasteiger partial charge in [0, 0.05) is 44.7 Å². The molecule has 2 aliphatic rings. The Balaban J connectivity index is 1.48. The Labute approximate surface area is 150 Å². The predicted molar refractivity (Wildman–Crippen MR) is 97.8 cm³/mol. The molecule has 0 spiro atoms. The molecule has 3 heterocycles. The number of guanidine groups is 1. The number of aromatic nitrogens is 3. The van der Waals surface area contributed by atoms with Crippen LogP contribution in [0.25, 0.3) is 0 Å². The number of nitrogens with one attached hydrogen (secondary N) is 2. The lowest BCUT2D eigenvalue weighted by atomic mass is 10.1. The van der Waals surface area contributed by atoms with Crippen LogP contribution in [-0.4, -0.2) is 77.1 Å². The topological polar surface area (TPSA) is 79.6 Å². The third-order valence-corrected chi connectivity index (χ3v) is 5.08. The minimum atomic E-state index is 0.331. The van der Waals surface area contributed by atoms with E-state index >= 15 is 0 Å². The summed E-state index contributed by atoms with van der Waals surface area (Å²) < 4.78 is 7.54. The zero-order chi connectivity index (χ0) is 17.8. The summed E-state index contributed by atoms with van der Waals surface area (Å²) in [6.45, 7) is 10.8. The first-order valence-electron chi connectivity index (χ1n) is 9.27. The molecule has 8 nitrogen and oxygen atoms in total. The molecule has 1 aromatic heterocycles. The third-order valence-electron chi connectivity index (χ3n) is 5.08. The van der Waals surface area contributed by atoms with Gasteiger partial charge in [0.25, 0.3) is 0 Å². The molecule has 1 fully saturated rings. The van der Waals surface area contributed by atoms with Gasteiger partial charge in [0.1, 0.15) is 11.6 Å². The number of fused-ring (bicyclic) bond motifs is 1. The normalized spacial score (nSPS) is 26.2. The highest BCUT2D eigenvalue weighted by Gasteiger charge is 2.25. The molecule has 2 aliphatic heterocycles. The third kappa shape index (κ3) is 4.49. The lowest BCUT2D eigenvalue weighted by molar-refractivity contribution is -0.0174. The van der Waals surface area contributed by atoms with Crippen molar-refractivity contribution in [3.05, 3.63) is 11.6 Å². The van der Waals surface area contributed by atoms with Gasteiger partial charge in [0.15, 0.2) is 5.96 Å². The SMILES string of the molecule is CN=C(NCC(C)N1CCOCC1C)NC1CCc2nc(C)nn2C1. The van der Waals surface area contributed by atoms with Crippen LogP contribution in [0.4, 0.5) is 0 Å². The van der Waals surface area contributed by atoms with Crippen molar-refractivity contribution in [3.63, 3.8) is 0 Å². The lowest BCUT2D eigenvalue weighted by Crippen LogP contribution is -2.54. The average Bonchev–Trinajstić information content (AvgIpc) is 2.98. The first kappa shape index (κ1) is 18.1. The minimum absolute atomic E-state index is 0.331. The maximum Gasteiger partial charge on any atom is 0.191 e. The second-order valence-corrected chi connectivity index (χ2v) is 7.10. The van der Waals surface area contributed by atoms with E-state index in [9.17, 15) is 0 Å². The number of rotatable bonds is 4. The van der Waals surface area contributed by atoms with E-state index in [0.29, 0.717) is 18.1 Å². The number of aryl methyl sites for hydroxylation is 2. The molecule has 8 heteroatoms. The Morgan fingerprint density at radius 1 is 1.48 bits per heavy atom. The smallest absolute Gasteiger partial charge is 0.191 e. The number of aliphatic imine (C=N–C) groups is 1. The number of ether oxygens (including phenoxy) is 1. The van der Waals surface area contributed by atoms with Crippen molar-refractivity contribution < 1.29 is 4.74 Å². The molecule has 0 radical (unpaired) electrons. The highest BCUT2D eigenvalue weighted by Crippen LogP contribution is 2.13. The summed E-state index contributed by atoms with van der Waals surface area (Å²) in [5, 5.41) is 11.5. The van der Waals surface area contributed by atoms with E-state index in [1.807, 2.05) is 18.7 Å². The van der Waals surface area contributed by atoms with Crippen molar-refractivity contribution in [2.45, 2.75) is 58.3 Å². The fourth-order valence-corrected chi connectivity index (χ4v) is 3.70. The molecule has 1 saturated heterocycles. The van der Waals surface area contributed by atoms with Crippen LogP contribution in [0.2, 0.25) is 0 Å². The van der Waals surface area contributed by atoms with Crippen molar-refractivity contribution in [2.75, 3.05) is 33.4 Å². The van der Waals surface area contributed by atoms with E-state index in [4.69, 9.17) is 4.74 Å². The van der Waals surface area contributed by atoms with Crippen molar-refractivity contribution in [3.8, 4) is 0 Å². The van der Waals surface area contributed by atoms with E-state index in [1.165, 1.54) is 0 Å². The molecule has 1 aromatic rings. The molecule has 0 amide bonds. The maximum absolute atomic E-state index is 5.53. The summed E-state index contributed by atoms with van der Waals surface area (Å²) in [6.07, 6.45) is 2.01. The predicted octanol–water partition coefficient (Wildman–Crippen LogP) is 0.176. The van der Waals surface area contributed by atoms with Crippen LogP contribution in [0.5, 0.6) is 0 Å². The molecule has 0 saturated carbocycles. The highest BCUT2D eigenvalue weighted by molar-refractivity contribution is 5.80. The standard InChI is InChI=1S/C17H31N7O/c1-12(23-7-8-25-11-13(23)2)9-19-17(18-4)21-15-5-6-16-20-14(3)22-24(16)10-15/h12-13,15H,5-11H2,1-4H3,(H2,18,19,21). The fraction of sp³-hybridized carbons (Fsp3) is 0.824. The molecule has 0 aromatic carbocycles. The van der Waals surface area contributed by atoms with Crippen molar-refractivity contribution in [1.29, 1.82) is 0 Å². The zero-order valence-corrected chi connectivity index (χ0v) is 15.8. The Morgan fingerprint density at radius 3 is 3.08 bits per heavy atom. The van der Waals surface area contributed by atoms with Crippen LogP contribution < -0.4 is 10.6 Å². The Kier molecular flexibility index (Phi) is 5.90. The van der Waals surface area contributed by atoms with Crippen LogP contribution >= 0.6 is 0 Å². The van der Waals surface area contributed by atoms with Crippen LogP contribution in [0.1, 0.15) is 31.9 Å². The Hall–Kier alpha value is -1.67. The first-order chi connectivity index (χ1) is 12.1. The van der Waals surface area contributed by atoms with Gasteiger partial charge in [-0.1, -0.05) is 0 Å². The van der Waals surface area contributed by atoms with E-state index in [1.54, 1.807) is 0 Å². The van der Waals surface area contributed by atoms with Crippen molar-refractivity contribution in [2.24, 2.45) is 4.99 Å². The van der Waals surface area contributed by atoms with Gasteiger partial charge in [0.05, 0.1) is 19.8 Å². The molecule has 0 bridgehead atoms. The van der Waals surface area contributed by atoms with Crippen LogP contribution in [0.3, 0.4) is 0 Å². The summed E-state index contributed by atoms with van der Waals surface area (Å²) >= 11 is 0. The molecule has 3 atom stereocenters. The molecule has 25 heavy (non-hydrogen) atoms. The molecule has 3 rings (SSSR count). The summed E-state index contributed by atoms with van der Waals surface area (Å²) in [4.78, 5) is 11.3. The van der Waals surface area contributed by atoms with Crippen LogP contribution in [-0.2, 0) is 17.7 Å². The van der Waals surface area contributed by atoms with Gasteiger partial charge in [-0.3, -0.25) is 9.89 Å². The second kappa shape index (κ2) is 8.14. The number of hydrogen-bond acceptors (Lipinski definition) is 5. The van der Waals surface area contributed by atoms with E-state index < -0.39 is 0 Å². The summed E-state index contributed by atoms with van der Waals surface area (Å²) in [5.74, 6) is 2.80. The van der Waals surface area contributed by atoms with E-state index in [0.717, 1.165) is 63.3 Å². The zero-order valence-electron chi connectivity index (χ0n) is 15.8. The van der Waals surface area contributed by atoms with Gasteiger partial charge in [0.2, 0.25) is 0 Å². The maximum atomic E-state index is 5.53. The Morgan fingerprint density at radius 2 is 2.32 bits per heavy atom. The molecule has 2 N–H and O–H groups in total. The van der Waals surface area contributed by atoms with Crippen LogP contribution in [0, 0.1) is 6.92 Å². The molecular formula is C17H31N7O. The quantitative estimate of drug-likeness (QED) is 0.596. The van der Waals surface area contributed by atoms with E-state index in [2.05, 4.69) is 44.5 Å². The molecule has 0 aliphatic carbocycles. The first-order valence-corrected chi connectivity index (χ1v) is 9.27. The summed E-state index contributed by atoms with van der Waals surface area (Å²) in [6, 6.07) is 1.23. The summed E-state index contributed by atoms with van der Waals surface area (Å²) in [5.41, 5.74) is 0. The van der Waals surface area contributed by atoms with Gasteiger partial charge in [-0.15, -0.1) is 0 Å². The largest absolute Gasteiger partial charge is 0.379 e. The van der Waals surface area contributed by atoms with Gasteiger partial charge in [-0.05, 0) is 27.2 Å². The highest BCUT2D eigenvalue weighted by atomic mass is 16.5. The fourth-order valence-electron chi connectivity index (χ4n) is 3.70. The number of hydrogen-bond donors (Lipinski definition) is 2. The van der Waals surface area contributed by atoms with Gasteiger partial charge in [-0.2, -0.15) is 5.10 Å². The van der Waals surface area contributed by atoms with Crippen molar-refractivity contribution >= 4 is 5.96 Å². The molecular weight excluding hydrogens is 318 g/mol. The second-order valence-electron chi connectivity index (χ2n) is 7.10. The van der Waals surface area contributed by atoms with Crippen LogP contribution in [0.15, 0.2) is 4.99 Å². The minimum Gasteiger partial charge on any atom is -0.379 e.